The Kier molecular flexibility index (Phi) is 3.21. The molecule has 3 nitrogen and oxygen atoms in total. The van der Waals surface area contributed by atoms with Crippen LogP contribution < -0.4 is 5.73 Å². The Bertz CT molecular complexity index is 473. The van der Waals surface area contributed by atoms with Crippen LogP contribution in [-0.4, -0.2) is 16.3 Å². The smallest absolute Gasteiger partial charge is 0.261 e. The lowest BCUT2D eigenvalue weighted by atomic mass is 10.1. The lowest BCUT2D eigenvalue weighted by molar-refractivity contribution is -0.117. The lowest BCUT2D eigenvalue weighted by Crippen LogP contribution is -2.14. The second-order valence-electron chi connectivity index (χ2n) is 3.68. The van der Waals surface area contributed by atoms with Crippen LogP contribution in [0.4, 0.5) is 0 Å². The van der Waals surface area contributed by atoms with Crippen molar-refractivity contribution in [1.29, 1.82) is 0 Å². The molecular formula is C11H11ClN2OS. The first-order chi connectivity index (χ1) is 7.56. The van der Waals surface area contributed by atoms with E-state index in [1.807, 2.05) is 25.1 Å². The summed E-state index contributed by atoms with van der Waals surface area (Å²) in [7, 11) is 0. The summed E-state index contributed by atoms with van der Waals surface area (Å²) in [6.07, 6.45) is 0.619. The summed E-state index contributed by atoms with van der Waals surface area (Å²) in [5.41, 5.74) is 7.56. The van der Waals surface area contributed by atoms with Crippen LogP contribution in [0.3, 0.4) is 0 Å². The highest BCUT2D eigenvalue weighted by molar-refractivity contribution is 8.15. The van der Waals surface area contributed by atoms with Gasteiger partial charge in [0.2, 0.25) is 0 Å². The van der Waals surface area contributed by atoms with E-state index in [0.29, 0.717) is 11.6 Å². The van der Waals surface area contributed by atoms with E-state index in [2.05, 4.69) is 4.99 Å². The number of thioether (sulfide) groups is 1. The van der Waals surface area contributed by atoms with Gasteiger partial charge >= 0.3 is 0 Å². The number of hydrogen-bond acceptors (Lipinski definition) is 3. The standard InChI is InChI=1S/C11H11ClN2OS/c1-6-2-3-7(4-8(6)12)5-9-10(15)14-11(13)16-9/h2-4,9H,5H2,1H3,(H2,13,14,15)/t9-/m1/s1. The molecule has 0 saturated carbocycles. The normalized spacial score (nSPS) is 20.0. The summed E-state index contributed by atoms with van der Waals surface area (Å²) < 4.78 is 0. The number of nitrogens with two attached hydrogens (primary N) is 1. The second-order valence-corrected chi connectivity index (χ2v) is 5.31. The molecule has 1 aliphatic heterocycles. The summed E-state index contributed by atoms with van der Waals surface area (Å²) >= 11 is 7.33. The summed E-state index contributed by atoms with van der Waals surface area (Å²) in [6.45, 7) is 1.95. The van der Waals surface area contributed by atoms with Crippen molar-refractivity contribution in [2.24, 2.45) is 10.7 Å². The van der Waals surface area contributed by atoms with Crippen LogP contribution in [-0.2, 0) is 11.2 Å². The first-order valence-electron chi connectivity index (χ1n) is 4.86. The van der Waals surface area contributed by atoms with Gasteiger partial charge in [-0.15, -0.1) is 0 Å². The fourth-order valence-corrected chi connectivity index (χ4v) is 2.58. The van der Waals surface area contributed by atoms with Crippen LogP contribution in [0.2, 0.25) is 5.02 Å². The van der Waals surface area contributed by atoms with E-state index in [0.717, 1.165) is 16.1 Å². The Balaban J connectivity index is 2.11. The number of benzene rings is 1. The summed E-state index contributed by atoms with van der Waals surface area (Å²) in [6, 6.07) is 5.81. The quantitative estimate of drug-likeness (QED) is 0.880. The molecular weight excluding hydrogens is 244 g/mol. The van der Waals surface area contributed by atoms with E-state index in [-0.39, 0.29) is 11.2 Å². The van der Waals surface area contributed by atoms with Gasteiger partial charge < -0.3 is 5.73 Å². The molecule has 0 aliphatic carbocycles. The van der Waals surface area contributed by atoms with E-state index in [9.17, 15) is 4.79 Å². The van der Waals surface area contributed by atoms with Gasteiger partial charge in [-0.2, -0.15) is 4.99 Å². The molecule has 16 heavy (non-hydrogen) atoms. The minimum Gasteiger partial charge on any atom is -0.378 e. The molecule has 1 heterocycles. The maximum Gasteiger partial charge on any atom is 0.261 e. The SMILES string of the molecule is Cc1ccc(C[C@H]2SC(N)=NC2=O)cc1Cl. The molecule has 84 valence electrons. The molecule has 1 aliphatic rings. The maximum absolute atomic E-state index is 11.4. The van der Waals surface area contributed by atoms with Crippen molar-refractivity contribution >= 4 is 34.4 Å². The highest BCUT2D eigenvalue weighted by Crippen LogP contribution is 2.25. The molecule has 2 N–H and O–H groups in total. The Morgan fingerprint density at radius 2 is 2.31 bits per heavy atom. The maximum atomic E-state index is 11.4. The first-order valence-corrected chi connectivity index (χ1v) is 6.11. The van der Waals surface area contributed by atoms with Crippen molar-refractivity contribution in [3.63, 3.8) is 0 Å². The Labute approximate surface area is 103 Å². The fourth-order valence-electron chi connectivity index (χ4n) is 1.51. The number of hydrogen-bond donors (Lipinski definition) is 1. The summed E-state index contributed by atoms with van der Waals surface area (Å²) in [5.74, 6) is -0.154. The van der Waals surface area contributed by atoms with Crippen LogP contribution in [0.1, 0.15) is 11.1 Å². The lowest BCUT2D eigenvalue weighted by Gasteiger charge is -2.07. The number of aliphatic imine (C=N–C) groups is 1. The van der Waals surface area contributed by atoms with Crippen LogP contribution in [0.15, 0.2) is 23.2 Å². The van der Waals surface area contributed by atoms with Gasteiger partial charge in [0, 0.05) is 5.02 Å². The highest BCUT2D eigenvalue weighted by atomic mass is 35.5. The van der Waals surface area contributed by atoms with E-state index < -0.39 is 0 Å². The molecule has 0 unspecified atom stereocenters. The number of amides is 1. The van der Waals surface area contributed by atoms with Crippen molar-refractivity contribution in [2.45, 2.75) is 18.6 Å². The molecule has 0 fully saturated rings. The summed E-state index contributed by atoms with van der Waals surface area (Å²) in [5, 5.41) is 0.883. The van der Waals surface area contributed by atoms with Crippen molar-refractivity contribution in [1.82, 2.24) is 0 Å². The topological polar surface area (TPSA) is 55.4 Å². The number of carbonyl (C=O) groups is 1. The van der Waals surface area contributed by atoms with E-state index >= 15 is 0 Å². The number of aryl methyl sites for hydroxylation is 1. The summed E-state index contributed by atoms with van der Waals surface area (Å²) in [4.78, 5) is 15.1. The molecule has 1 amide bonds. The zero-order valence-corrected chi connectivity index (χ0v) is 10.3. The predicted molar refractivity (Wildman–Crippen MR) is 67.9 cm³/mol. The average molecular weight is 255 g/mol. The Morgan fingerprint density at radius 1 is 1.56 bits per heavy atom. The van der Waals surface area contributed by atoms with Gasteiger partial charge in [-0.25, -0.2) is 0 Å². The largest absolute Gasteiger partial charge is 0.378 e. The van der Waals surface area contributed by atoms with Crippen molar-refractivity contribution in [3.8, 4) is 0 Å². The van der Waals surface area contributed by atoms with E-state index in [1.165, 1.54) is 11.8 Å². The fraction of sp³-hybridized carbons (Fsp3) is 0.273. The number of carbonyl (C=O) groups excluding carboxylic acids is 1. The molecule has 1 aromatic carbocycles. The van der Waals surface area contributed by atoms with Gasteiger partial charge in [-0.1, -0.05) is 35.5 Å². The van der Waals surface area contributed by atoms with Crippen LogP contribution in [0.5, 0.6) is 0 Å². The zero-order chi connectivity index (χ0) is 11.7. The van der Waals surface area contributed by atoms with Crippen molar-refractivity contribution in [2.75, 3.05) is 0 Å². The number of nitrogens with zero attached hydrogens (tertiary/aromatic N) is 1. The molecule has 0 spiro atoms. The highest BCUT2D eigenvalue weighted by Gasteiger charge is 2.26. The second kappa shape index (κ2) is 4.47. The Morgan fingerprint density at radius 3 is 2.88 bits per heavy atom. The van der Waals surface area contributed by atoms with Gasteiger partial charge in [-0.05, 0) is 30.5 Å². The molecule has 0 saturated heterocycles. The number of halogens is 1. The molecule has 0 aromatic heterocycles. The molecule has 1 atom stereocenters. The third-order valence-corrected chi connectivity index (χ3v) is 3.81. The molecule has 2 rings (SSSR count). The van der Waals surface area contributed by atoms with E-state index in [4.69, 9.17) is 17.3 Å². The molecule has 1 aromatic rings. The predicted octanol–water partition coefficient (Wildman–Crippen LogP) is 2.15. The minimum atomic E-state index is -0.196. The van der Waals surface area contributed by atoms with Gasteiger partial charge in [-0.3, -0.25) is 4.79 Å². The van der Waals surface area contributed by atoms with Crippen LogP contribution >= 0.6 is 23.4 Å². The van der Waals surface area contributed by atoms with Gasteiger partial charge in [0.15, 0.2) is 5.17 Å². The third-order valence-electron chi connectivity index (χ3n) is 2.42. The van der Waals surface area contributed by atoms with Gasteiger partial charge in [0.1, 0.15) is 0 Å². The number of rotatable bonds is 2. The number of amidine groups is 1. The molecule has 5 heteroatoms. The van der Waals surface area contributed by atoms with Crippen LogP contribution in [0, 0.1) is 6.92 Å². The van der Waals surface area contributed by atoms with Gasteiger partial charge in [0.05, 0.1) is 5.25 Å². The monoisotopic (exact) mass is 254 g/mol. The van der Waals surface area contributed by atoms with Crippen molar-refractivity contribution < 1.29 is 4.79 Å². The van der Waals surface area contributed by atoms with Crippen molar-refractivity contribution in [3.05, 3.63) is 34.3 Å². The Hall–Kier alpha value is -1.00. The zero-order valence-electron chi connectivity index (χ0n) is 8.74. The molecule has 0 bridgehead atoms. The van der Waals surface area contributed by atoms with Crippen LogP contribution in [0.25, 0.3) is 0 Å². The molecule has 0 radical (unpaired) electrons. The van der Waals surface area contributed by atoms with E-state index in [1.54, 1.807) is 0 Å². The first kappa shape index (κ1) is 11.5. The minimum absolute atomic E-state index is 0.154. The average Bonchev–Trinajstić information content (AvgIpc) is 2.51. The third kappa shape index (κ3) is 2.39. The van der Waals surface area contributed by atoms with Gasteiger partial charge in [0.25, 0.3) is 5.91 Å².